The van der Waals surface area contributed by atoms with Gasteiger partial charge in [0.25, 0.3) is 5.91 Å². The Balaban J connectivity index is 1.51. The Kier molecular flexibility index (Phi) is 5.36. The fraction of sp³-hybridized carbons (Fsp3) is 0.350. The number of fused-ring (bicyclic) bond motifs is 1. The molecule has 0 saturated carbocycles. The van der Waals surface area contributed by atoms with Gasteiger partial charge in [0, 0.05) is 29.9 Å². The van der Waals surface area contributed by atoms with Crippen molar-refractivity contribution in [3.8, 4) is 0 Å². The molecule has 3 aromatic rings. The standard InChI is InChI=1S/C20H22ClN5O/c21-14-5-4-6-15(13-14)23-20(27)16-7-9-22-19-18(16)24-17(25-19)8-12-26-10-2-1-3-11-26/h4-7,9,13H,1-3,8,10-12H2,(H,23,27)(H,22,24,25). The van der Waals surface area contributed by atoms with Crippen LogP contribution in [0, 0.1) is 0 Å². The minimum atomic E-state index is -0.212. The highest BCUT2D eigenvalue weighted by Crippen LogP contribution is 2.19. The zero-order valence-electron chi connectivity index (χ0n) is 15.0. The molecule has 0 radical (unpaired) electrons. The van der Waals surface area contributed by atoms with Crippen LogP contribution in [0.1, 0.15) is 35.4 Å². The number of hydrogen-bond acceptors (Lipinski definition) is 4. The number of piperidine rings is 1. The number of hydrogen-bond donors (Lipinski definition) is 2. The second kappa shape index (κ2) is 8.06. The smallest absolute Gasteiger partial charge is 0.257 e. The Morgan fingerprint density at radius 2 is 2.07 bits per heavy atom. The molecule has 0 bridgehead atoms. The zero-order chi connectivity index (χ0) is 18.6. The molecule has 1 aromatic carbocycles. The van der Waals surface area contributed by atoms with Crippen molar-refractivity contribution in [1.29, 1.82) is 0 Å². The number of benzene rings is 1. The number of aromatic nitrogens is 3. The molecule has 1 fully saturated rings. The van der Waals surface area contributed by atoms with Crippen LogP contribution in [0.15, 0.2) is 36.5 Å². The highest BCUT2D eigenvalue weighted by atomic mass is 35.5. The Morgan fingerprint density at radius 3 is 2.89 bits per heavy atom. The number of likely N-dealkylation sites (tertiary alicyclic amines) is 1. The summed E-state index contributed by atoms with van der Waals surface area (Å²) >= 11 is 5.99. The maximum atomic E-state index is 12.7. The first-order valence-corrected chi connectivity index (χ1v) is 9.70. The van der Waals surface area contributed by atoms with Gasteiger partial charge in [0.15, 0.2) is 5.65 Å². The van der Waals surface area contributed by atoms with Crippen LogP contribution in [0.4, 0.5) is 5.69 Å². The van der Waals surface area contributed by atoms with Gasteiger partial charge in [0.05, 0.1) is 11.1 Å². The molecule has 0 unspecified atom stereocenters. The highest BCUT2D eigenvalue weighted by molar-refractivity contribution is 6.31. The van der Waals surface area contributed by atoms with Crippen molar-refractivity contribution in [2.24, 2.45) is 0 Å². The third-order valence-corrected chi connectivity index (χ3v) is 5.12. The van der Waals surface area contributed by atoms with Crippen molar-refractivity contribution in [1.82, 2.24) is 19.9 Å². The molecule has 1 aliphatic heterocycles. The van der Waals surface area contributed by atoms with Gasteiger partial charge >= 0.3 is 0 Å². The summed E-state index contributed by atoms with van der Waals surface area (Å²) in [7, 11) is 0. The van der Waals surface area contributed by atoms with Crippen molar-refractivity contribution in [3.05, 3.63) is 52.9 Å². The monoisotopic (exact) mass is 383 g/mol. The Labute approximate surface area is 163 Å². The number of nitrogens with one attached hydrogen (secondary N) is 2. The van der Waals surface area contributed by atoms with Gasteiger partial charge in [0.2, 0.25) is 0 Å². The summed E-state index contributed by atoms with van der Waals surface area (Å²) in [6.45, 7) is 3.29. The number of amides is 1. The quantitative estimate of drug-likeness (QED) is 0.700. The second-order valence-electron chi connectivity index (χ2n) is 6.86. The van der Waals surface area contributed by atoms with Crippen LogP contribution < -0.4 is 5.32 Å². The Morgan fingerprint density at radius 1 is 1.22 bits per heavy atom. The predicted octanol–water partition coefficient (Wildman–Crippen LogP) is 3.89. The van der Waals surface area contributed by atoms with Gasteiger partial charge in [0.1, 0.15) is 5.82 Å². The van der Waals surface area contributed by atoms with Gasteiger partial charge in [-0.1, -0.05) is 24.1 Å². The molecule has 6 nitrogen and oxygen atoms in total. The SMILES string of the molecule is O=C(Nc1cccc(Cl)c1)c1ccnc2nc(CCN3CCCCC3)[nH]c12. The molecule has 27 heavy (non-hydrogen) atoms. The van der Waals surface area contributed by atoms with E-state index in [1.165, 1.54) is 19.3 Å². The first kappa shape index (κ1) is 17.9. The molecule has 1 saturated heterocycles. The van der Waals surface area contributed by atoms with Gasteiger partial charge in [-0.2, -0.15) is 0 Å². The largest absolute Gasteiger partial charge is 0.340 e. The van der Waals surface area contributed by atoms with Crippen LogP contribution in [0.25, 0.3) is 11.2 Å². The van der Waals surface area contributed by atoms with E-state index in [1.54, 1.807) is 36.5 Å². The zero-order valence-corrected chi connectivity index (χ0v) is 15.8. The predicted molar refractivity (Wildman–Crippen MR) is 107 cm³/mol. The molecule has 7 heteroatoms. The van der Waals surface area contributed by atoms with E-state index in [-0.39, 0.29) is 5.91 Å². The molecule has 2 N–H and O–H groups in total. The summed E-state index contributed by atoms with van der Waals surface area (Å²) < 4.78 is 0. The normalized spacial score (nSPS) is 15.1. The topological polar surface area (TPSA) is 73.9 Å². The van der Waals surface area contributed by atoms with E-state index in [0.29, 0.717) is 27.4 Å². The number of imidazole rings is 1. The maximum Gasteiger partial charge on any atom is 0.257 e. The van der Waals surface area contributed by atoms with Crippen LogP contribution in [0.3, 0.4) is 0 Å². The molecule has 1 aliphatic rings. The van der Waals surface area contributed by atoms with Crippen LogP contribution >= 0.6 is 11.6 Å². The number of pyridine rings is 1. The number of aromatic amines is 1. The maximum absolute atomic E-state index is 12.7. The third-order valence-electron chi connectivity index (χ3n) is 4.88. The lowest BCUT2D eigenvalue weighted by Crippen LogP contribution is -2.31. The summed E-state index contributed by atoms with van der Waals surface area (Å²) in [6, 6.07) is 8.79. The molecule has 0 spiro atoms. The molecule has 0 atom stereocenters. The van der Waals surface area contributed by atoms with Crippen molar-refractivity contribution in [3.63, 3.8) is 0 Å². The van der Waals surface area contributed by atoms with E-state index in [2.05, 4.69) is 25.2 Å². The fourth-order valence-electron chi connectivity index (χ4n) is 3.48. The first-order valence-electron chi connectivity index (χ1n) is 9.32. The molecule has 2 aromatic heterocycles. The molecular formula is C20H22ClN5O. The lowest BCUT2D eigenvalue weighted by atomic mass is 10.1. The van der Waals surface area contributed by atoms with Crippen LogP contribution in [-0.2, 0) is 6.42 Å². The number of carbonyl (C=O) groups is 1. The van der Waals surface area contributed by atoms with E-state index in [9.17, 15) is 4.79 Å². The van der Waals surface area contributed by atoms with Gasteiger partial charge in [-0.15, -0.1) is 0 Å². The number of halogens is 1. The summed E-state index contributed by atoms with van der Waals surface area (Å²) in [4.78, 5) is 27.4. The molecular weight excluding hydrogens is 362 g/mol. The van der Waals surface area contributed by atoms with Crippen molar-refractivity contribution in [2.75, 3.05) is 25.0 Å². The van der Waals surface area contributed by atoms with Gasteiger partial charge in [-0.3, -0.25) is 4.79 Å². The van der Waals surface area contributed by atoms with Gasteiger partial charge in [-0.05, 0) is 50.2 Å². The third kappa shape index (κ3) is 4.28. The molecule has 1 amide bonds. The van der Waals surface area contributed by atoms with E-state index in [1.807, 2.05) is 0 Å². The average molecular weight is 384 g/mol. The Hall–Kier alpha value is -2.44. The van der Waals surface area contributed by atoms with Crippen LogP contribution in [0.5, 0.6) is 0 Å². The first-order chi connectivity index (χ1) is 13.2. The molecule has 0 aliphatic carbocycles. The minimum absolute atomic E-state index is 0.212. The number of carbonyl (C=O) groups excluding carboxylic acids is 1. The second-order valence-corrected chi connectivity index (χ2v) is 7.29. The van der Waals surface area contributed by atoms with Gasteiger partial charge < -0.3 is 15.2 Å². The van der Waals surface area contributed by atoms with Crippen LogP contribution in [0.2, 0.25) is 5.02 Å². The summed E-state index contributed by atoms with van der Waals surface area (Å²) in [6.07, 6.45) is 6.32. The van der Waals surface area contributed by atoms with Crippen LogP contribution in [-0.4, -0.2) is 45.4 Å². The summed E-state index contributed by atoms with van der Waals surface area (Å²) in [5.41, 5.74) is 2.42. The van der Waals surface area contributed by atoms with E-state index in [0.717, 1.165) is 31.9 Å². The molecule has 3 heterocycles. The van der Waals surface area contributed by atoms with Crippen molar-refractivity contribution in [2.45, 2.75) is 25.7 Å². The lowest BCUT2D eigenvalue weighted by molar-refractivity contribution is 0.102. The Bertz CT molecular complexity index is 948. The average Bonchev–Trinajstić information content (AvgIpc) is 3.10. The van der Waals surface area contributed by atoms with E-state index in [4.69, 9.17) is 11.6 Å². The van der Waals surface area contributed by atoms with Gasteiger partial charge in [-0.25, -0.2) is 9.97 Å². The summed E-state index contributed by atoms with van der Waals surface area (Å²) in [5, 5.41) is 3.45. The van der Waals surface area contributed by atoms with E-state index < -0.39 is 0 Å². The van der Waals surface area contributed by atoms with Crippen molar-refractivity contribution < 1.29 is 4.79 Å². The minimum Gasteiger partial charge on any atom is -0.340 e. The number of H-pyrrole nitrogens is 1. The molecule has 4 rings (SSSR count). The lowest BCUT2D eigenvalue weighted by Gasteiger charge is -2.25. The van der Waals surface area contributed by atoms with E-state index >= 15 is 0 Å². The number of anilines is 1. The molecule has 140 valence electrons. The highest BCUT2D eigenvalue weighted by Gasteiger charge is 2.16. The number of nitrogens with zero attached hydrogens (tertiary/aromatic N) is 3. The van der Waals surface area contributed by atoms with Crippen molar-refractivity contribution >= 4 is 34.4 Å². The fourth-order valence-corrected chi connectivity index (χ4v) is 3.67. The summed E-state index contributed by atoms with van der Waals surface area (Å²) in [5.74, 6) is 0.655. The number of rotatable bonds is 5.